The van der Waals surface area contributed by atoms with Gasteiger partial charge < -0.3 is 383 Å². The van der Waals surface area contributed by atoms with Gasteiger partial charge in [-0.2, -0.15) is 0 Å². The van der Waals surface area contributed by atoms with E-state index in [0.29, 0.717) is 0 Å². The third-order valence-electron chi connectivity index (χ3n) is 14.4. The molecule has 0 fully saturated rings. The topological polar surface area (TPSA) is 1550 Å². The number of aliphatic hydroxyl groups is 11. The zero-order valence-corrected chi connectivity index (χ0v) is 85.6. The van der Waals surface area contributed by atoms with Crippen molar-refractivity contribution in [3.63, 3.8) is 0 Å². The summed E-state index contributed by atoms with van der Waals surface area (Å²) in [5, 5.41) is 425. The molecule has 0 radical (unpaired) electrons. The first kappa shape index (κ1) is 174. The van der Waals surface area contributed by atoms with Crippen LogP contribution in [0.1, 0.15) is 70.6 Å². The molecule has 0 aromatic carbocycles. The van der Waals surface area contributed by atoms with E-state index in [-0.39, 0.29) is 132 Å². The largest absolute Gasteiger partial charge is 7.00 e. The molecule has 149 heavy (non-hydrogen) atoms. The first-order valence-corrected chi connectivity index (χ1v) is 34.7. The Morgan fingerprint density at radius 3 is 0.168 bits per heavy atom. The van der Waals surface area contributed by atoms with Crippen LogP contribution < -0.4 is 169 Å². The summed E-state index contributed by atoms with van der Waals surface area (Å²) < 4.78 is 0. The SMILES string of the molecule is O=C([O-])CC(C(=O)[O-])C(O)C(=O)[O-].O=C([O-])CC(C(=O)[O-])C(O)C(=O)[O-].O=C([O-])CC(C(=O)[O-])C(O)C(=O)[O-].O=C([O-])CC(C(=O)[O-])C(O)C(=O)[O-].O=C([O-])CC(C(=O)[O-])C(O)C(=O)[O-].O=C([O-])CC(C(=O)[O-])C(O)C(=O)[O-].O=C([O-])CC(C(=O)[O-])C(O)C(=O)[O-].O=C([O-])CC(C(=O)[O-])C(O)C(=O)[O-].O=C([O-])CC(C(=O)[O-])C(O)C(=O)[O-].O=C([O-])CC(C(=O)[O-])C(O)C(=O)[O-].O=C([O-])CC(C(=O)[O-])C(O)C(=O)[O-].[Sn+4].[Sn+4].[Sn+4].[Tc+7].[Tc+7].[Tc+7]. The first-order chi connectivity index (χ1) is 64.4. The zero-order chi connectivity index (χ0) is 117. The van der Waals surface area contributed by atoms with Crippen molar-refractivity contribution < 1.29 is 443 Å². The number of hydrogen-bond donors (Lipinski definition) is 11. The Kier molecular flexibility index (Phi) is 106. The molecule has 0 bridgehead atoms. The molecule has 0 aromatic heterocycles. The second kappa shape index (κ2) is 90.7. The van der Waals surface area contributed by atoms with Crippen molar-refractivity contribution in [3.8, 4) is 0 Å². The molecule has 0 saturated heterocycles. The minimum atomic E-state index is -2.41. The molecule has 0 aromatic rings. The molecule has 0 amide bonds. The Hall–Kier alpha value is -13.6. The van der Waals surface area contributed by atoms with Crippen molar-refractivity contribution in [2.75, 3.05) is 0 Å². The van der Waals surface area contributed by atoms with E-state index in [1.807, 2.05) is 0 Å². The normalized spacial score (nSPS) is 14.0. The fraction of sp³-hybridized carbons (Fsp3) is 0.500. The Morgan fingerprint density at radius 1 is 0.107 bits per heavy atom. The summed E-state index contributed by atoms with van der Waals surface area (Å²) in [6.07, 6.45) is -39.1. The van der Waals surface area contributed by atoms with Crippen LogP contribution in [-0.2, 0) is 219 Å². The number of aliphatic hydroxyl groups excluding tert-OH is 11. The van der Waals surface area contributed by atoms with E-state index in [0.717, 1.165) is 0 Å². The van der Waals surface area contributed by atoms with Gasteiger partial charge in [-0.15, -0.1) is 0 Å². The summed E-state index contributed by atoms with van der Waals surface area (Å²) in [6.45, 7) is 0. The zero-order valence-electron chi connectivity index (χ0n) is 71.5. The number of aliphatic carboxylic acids is 33. The average molecular weight is 2730 g/mol. The molecular formula is C66H55O77Sn3Tc3. The van der Waals surface area contributed by atoms with Crippen molar-refractivity contribution in [3.05, 3.63) is 0 Å². The Morgan fingerprint density at radius 2 is 0.148 bits per heavy atom. The fourth-order valence-corrected chi connectivity index (χ4v) is 7.34. The molecular weight excluding hydrogens is 2670 g/mol. The molecule has 0 spiro atoms. The summed E-state index contributed by atoms with van der Waals surface area (Å²) in [6, 6.07) is 0. The van der Waals surface area contributed by atoms with Gasteiger partial charge in [-0.1, -0.05) is 0 Å². The predicted octanol–water partition coefficient (Wildman–Crippen LogP) is -60.5. The molecule has 77 nitrogen and oxygen atoms in total. The van der Waals surface area contributed by atoms with E-state index in [9.17, 15) is 327 Å². The van der Waals surface area contributed by atoms with E-state index in [1.165, 1.54) is 0 Å². The molecule has 11 N–H and O–H groups in total. The van der Waals surface area contributed by atoms with E-state index >= 15 is 0 Å². The number of rotatable bonds is 55. The van der Waals surface area contributed by atoms with Gasteiger partial charge in [0.2, 0.25) is 0 Å². The van der Waals surface area contributed by atoms with E-state index < -0.39 is 400 Å². The second-order valence-corrected chi connectivity index (χ2v) is 24.9. The van der Waals surface area contributed by atoms with Gasteiger partial charge in [0, 0.05) is 196 Å². The minimum Gasteiger partial charge on any atom is -0.550 e. The van der Waals surface area contributed by atoms with Crippen LogP contribution in [0, 0.1) is 65.1 Å². The first-order valence-electron chi connectivity index (χ1n) is 34.7. The van der Waals surface area contributed by atoms with E-state index in [4.69, 9.17) is 56.2 Å². The summed E-state index contributed by atoms with van der Waals surface area (Å²) in [5.74, 6) is -87.1. The van der Waals surface area contributed by atoms with Crippen LogP contribution in [0.15, 0.2) is 0 Å². The molecule has 83 heteroatoms. The van der Waals surface area contributed by atoms with Gasteiger partial charge in [-0.25, -0.2) is 0 Å². The van der Waals surface area contributed by atoms with Gasteiger partial charge in [-0.3, -0.25) is 0 Å². The van der Waals surface area contributed by atoms with Crippen molar-refractivity contribution >= 4 is 269 Å². The molecule has 0 aliphatic rings. The maximum absolute atomic E-state index is 10.1. The van der Waals surface area contributed by atoms with Gasteiger partial charge in [0.15, 0.2) is 0 Å². The Balaban J connectivity index is -0.0000000854. The molecule has 814 valence electrons. The quantitative estimate of drug-likeness (QED) is 0.0252. The van der Waals surface area contributed by atoms with Crippen molar-refractivity contribution in [2.45, 2.75) is 138 Å². The monoisotopic (exact) mass is 2730 g/mol. The van der Waals surface area contributed by atoms with Crippen molar-refractivity contribution in [2.24, 2.45) is 65.1 Å². The standard InChI is InChI=1S/11C6H8O7.3Sn.3Tc/c11*7-3(8)1-2(5(10)11)4(9)6(12)13;;;;;;/h11*2,4,9H,1H2,(H,7,8)(H,10,11)(H,12,13);;;;;;/q;;;;;;;;;;;3*+4;3*+7/p-33. The maximum atomic E-state index is 10.1. The number of carboxylic acid groups (broad SMARTS) is 33. The second-order valence-electron chi connectivity index (χ2n) is 24.9. The fourth-order valence-electron chi connectivity index (χ4n) is 7.34. The smallest absolute Gasteiger partial charge is 0.550 e. The minimum absolute atomic E-state index is 0. The molecule has 0 heterocycles. The van der Waals surface area contributed by atoms with Crippen LogP contribution in [0.4, 0.5) is 0 Å². The number of carboxylic acids is 33. The van der Waals surface area contributed by atoms with Gasteiger partial charge in [-0.05, 0) is 70.6 Å². The van der Waals surface area contributed by atoms with Gasteiger partial charge in [0.1, 0.15) is 67.1 Å². The van der Waals surface area contributed by atoms with Crippen molar-refractivity contribution in [1.82, 2.24) is 0 Å². The average Bonchev–Trinajstić information content (AvgIpc) is 0.963. The van der Waals surface area contributed by atoms with Crippen LogP contribution in [0.25, 0.3) is 0 Å². The number of carbonyl (C=O) groups is 33. The third kappa shape index (κ3) is 89.3. The third-order valence-corrected chi connectivity index (χ3v) is 14.4. The van der Waals surface area contributed by atoms with Gasteiger partial charge in [0.25, 0.3) is 0 Å². The van der Waals surface area contributed by atoms with Crippen LogP contribution in [0.2, 0.25) is 0 Å². The summed E-state index contributed by atoms with van der Waals surface area (Å²) >= 11 is 0. The molecule has 0 saturated carbocycles. The van der Waals surface area contributed by atoms with Crippen molar-refractivity contribution in [1.29, 1.82) is 0 Å². The van der Waals surface area contributed by atoms with Gasteiger partial charge >= 0.3 is 132 Å². The summed E-state index contributed by atoms with van der Waals surface area (Å²) in [5.41, 5.74) is 0. The summed E-state index contributed by atoms with van der Waals surface area (Å²) in [7, 11) is 0. The maximum Gasteiger partial charge on any atom is 7.00 e. The van der Waals surface area contributed by atoms with E-state index in [2.05, 4.69) is 0 Å². The molecule has 22 unspecified atom stereocenters. The molecule has 0 rings (SSSR count). The predicted molar refractivity (Wildman–Crippen MR) is 338 cm³/mol. The number of carbonyl (C=O) groups excluding carboxylic acids is 33. The van der Waals surface area contributed by atoms with Crippen LogP contribution in [0.3, 0.4) is 0 Å². The molecule has 0 aliphatic carbocycles. The summed E-state index contributed by atoms with van der Waals surface area (Å²) in [4.78, 5) is 330. The Labute approximate surface area is 908 Å². The van der Waals surface area contributed by atoms with Crippen LogP contribution in [-0.4, -0.2) is 392 Å². The Bertz CT molecular complexity index is 3560. The molecule has 0 aliphatic heterocycles. The number of hydrogen-bond acceptors (Lipinski definition) is 77. The van der Waals surface area contributed by atoms with E-state index in [1.54, 1.807) is 0 Å². The van der Waals surface area contributed by atoms with Crippen LogP contribution in [0.5, 0.6) is 0 Å². The van der Waals surface area contributed by atoms with Crippen LogP contribution >= 0.6 is 0 Å². The van der Waals surface area contributed by atoms with Gasteiger partial charge in [0.05, 0.1) is 65.7 Å². The molecule has 22 atom stereocenters.